The summed E-state index contributed by atoms with van der Waals surface area (Å²) in [4.78, 5) is 29.3. The van der Waals surface area contributed by atoms with Crippen molar-refractivity contribution in [2.45, 2.75) is 23.6 Å². The molecule has 3 aromatic rings. The second kappa shape index (κ2) is 7.04. The van der Waals surface area contributed by atoms with E-state index in [1.807, 2.05) is 49.4 Å². The fourth-order valence-corrected chi connectivity index (χ4v) is 7.10. The van der Waals surface area contributed by atoms with Crippen molar-refractivity contribution >= 4 is 33.4 Å². The Morgan fingerprint density at radius 2 is 1.47 bits per heavy atom. The van der Waals surface area contributed by atoms with Gasteiger partial charge in [0.2, 0.25) is 11.8 Å². The van der Waals surface area contributed by atoms with Crippen LogP contribution in [0.1, 0.15) is 41.5 Å². The summed E-state index contributed by atoms with van der Waals surface area (Å²) in [7, 11) is 0. The summed E-state index contributed by atoms with van der Waals surface area (Å²) in [6, 6.07) is 23.8. The number of amides is 2. The van der Waals surface area contributed by atoms with E-state index in [2.05, 4.69) is 40.2 Å². The quantitative estimate of drug-likeness (QED) is 0.366. The molecule has 0 spiro atoms. The van der Waals surface area contributed by atoms with Gasteiger partial charge in [-0.25, -0.2) is 4.90 Å². The van der Waals surface area contributed by atoms with Gasteiger partial charge in [0, 0.05) is 5.92 Å². The molecule has 0 unspecified atom stereocenters. The molecule has 4 nitrogen and oxygen atoms in total. The van der Waals surface area contributed by atoms with E-state index in [0.29, 0.717) is 18.0 Å². The Morgan fingerprint density at radius 1 is 0.875 bits per heavy atom. The van der Waals surface area contributed by atoms with Crippen LogP contribution >= 0.6 is 15.9 Å². The molecule has 2 bridgehead atoms. The minimum atomic E-state index is -0.736. The summed E-state index contributed by atoms with van der Waals surface area (Å²) in [5.74, 6) is -0.851. The number of nitrogens with zero attached hydrogens (tertiary/aromatic N) is 1. The number of imide groups is 1. The predicted octanol–water partition coefficient (Wildman–Crippen LogP) is 5.38. The highest BCUT2D eigenvalue weighted by Gasteiger charge is 2.67. The Labute approximate surface area is 195 Å². The van der Waals surface area contributed by atoms with Gasteiger partial charge in [-0.1, -0.05) is 83.5 Å². The first-order valence-electron chi connectivity index (χ1n) is 11.1. The fourth-order valence-electron chi connectivity index (χ4n) is 5.89. The van der Waals surface area contributed by atoms with Crippen LogP contribution in [0.5, 0.6) is 5.75 Å². The van der Waals surface area contributed by atoms with Gasteiger partial charge in [-0.3, -0.25) is 9.59 Å². The number of carbonyl (C=O) groups is 2. The summed E-state index contributed by atoms with van der Waals surface area (Å²) >= 11 is 4.03. The highest BCUT2D eigenvalue weighted by atomic mass is 79.9. The Bertz CT molecular complexity index is 1220. The number of ether oxygens (including phenoxy) is 1. The second-order valence-electron chi connectivity index (χ2n) is 8.70. The average molecular weight is 488 g/mol. The molecule has 1 aliphatic heterocycles. The minimum absolute atomic E-state index is 0.142. The van der Waals surface area contributed by atoms with Crippen molar-refractivity contribution in [3.8, 4) is 5.75 Å². The van der Waals surface area contributed by atoms with Crippen molar-refractivity contribution in [2.75, 3.05) is 11.5 Å². The number of alkyl halides is 1. The number of halogens is 1. The Balaban J connectivity index is 1.55. The molecule has 3 aliphatic carbocycles. The normalized spacial score (nSPS) is 27.2. The molecule has 0 saturated carbocycles. The average Bonchev–Trinajstić information content (AvgIpc) is 3.09. The molecule has 7 rings (SSSR count). The molecular weight excluding hydrogens is 466 g/mol. The SMILES string of the molecule is CCCOc1ccccc1N1C(=O)[C@@H]2[C@@H](C1=O)C1c3ccccc3C2(Br)c2ccccc21. The third-order valence-corrected chi connectivity index (χ3v) is 8.43. The van der Waals surface area contributed by atoms with Crippen LogP contribution in [0.4, 0.5) is 5.69 Å². The van der Waals surface area contributed by atoms with Gasteiger partial charge in [-0.15, -0.1) is 0 Å². The van der Waals surface area contributed by atoms with Gasteiger partial charge in [0.05, 0.1) is 28.5 Å². The van der Waals surface area contributed by atoms with E-state index in [1.165, 1.54) is 4.90 Å². The molecule has 5 heteroatoms. The van der Waals surface area contributed by atoms with Crippen LogP contribution in [0.3, 0.4) is 0 Å². The van der Waals surface area contributed by atoms with Gasteiger partial charge < -0.3 is 4.74 Å². The summed E-state index contributed by atoms with van der Waals surface area (Å²) < 4.78 is 5.17. The van der Waals surface area contributed by atoms with Crippen LogP contribution < -0.4 is 9.64 Å². The van der Waals surface area contributed by atoms with Crippen molar-refractivity contribution in [1.82, 2.24) is 0 Å². The second-order valence-corrected chi connectivity index (χ2v) is 9.95. The molecule has 160 valence electrons. The Hall–Kier alpha value is -2.92. The lowest BCUT2D eigenvalue weighted by molar-refractivity contribution is -0.122. The summed E-state index contributed by atoms with van der Waals surface area (Å²) in [5.41, 5.74) is 4.96. The van der Waals surface area contributed by atoms with Gasteiger partial charge in [0.1, 0.15) is 5.75 Å². The van der Waals surface area contributed by atoms with Crippen LogP contribution in [0.25, 0.3) is 0 Å². The zero-order chi connectivity index (χ0) is 22.0. The van der Waals surface area contributed by atoms with Crippen LogP contribution in [0, 0.1) is 11.8 Å². The molecule has 1 fully saturated rings. The van der Waals surface area contributed by atoms with Crippen molar-refractivity contribution in [1.29, 1.82) is 0 Å². The van der Waals surface area contributed by atoms with E-state index in [9.17, 15) is 9.59 Å². The predicted molar refractivity (Wildman–Crippen MR) is 126 cm³/mol. The van der Waals surface area contributed by atoms with E-state index >= 15 is 0 Å². The van der Waals surface area contributed by atoms with Crippen LogP contribution in [0.15, 0.2) is 72.8 Å². The van der Waals surface area contributed by atoms with Crippen molar-refractivity contribution < 1.29 is 14.3 Å². The highest BCUT2D eigenvalue weighted by molar-refractivity contribution is 9.09. The first-order chi connectivity index (χ1) is 15.6. The van der Waals surface area contributed by atoms with Crippen molar-refractivity contribution in [3.05, 3.63) is 95.1 Å². The lowest BCUT2D eigenvalue weighted by Gasteiger charge is -2.51. The number of rotatable bonds is 4. The maximum atomic E-state index is 14.0. The Kier molecular flexibility index (Phi) is 4.34. The van der Waals surface area contributed by atoms with Gasteiger partial charge in [-0.05, 0) is 40.8 Å². The number of carbonyl (C=O) groups excluding carboxylic acids is 2. The molecular formula is C27H22BrNO3. The summed E-state index contributed by atoms with van der Waals surface area (Å²) in [5, 5.41) is 0. The van der Waals surface area contributed by atoms with Gasteiger partial charge >= 0.3 is 0 Å². The van der Waals surface area contributed by atoms with Crippen molar-refractivity contribution in [3.63, 3.8) is 0 Å². The molecule has 4 aliphatic rings. The molecule has 1 heterocycles. The smallest absolute Gasteiger partial charge is 0.239 e. The molecule has 1 saturated heterocycles. The third kappa shape index (κ3) is 2.37. The minimum Gasteiger partial charge on any atom is -0.491 e. The number of anilines is 1. The molecule has 3 aromatic carbocycles. The number of benzene rings is 3. The molecule has 0 N–H and O–H groups in total. The summed E-state index contributed by atoms with van der Waals surface area (Å²) in [6.45, 7) is 2.56. The first-order valence-corrected chi connectivity index (χ1v) is 11.9. The Morgan fingerprint density at radius 3 is 2.12 bits per heavy atom. The van der Waals surface area contributed by atoms with E-state index in [-0.39, 0.29) is 17.7 Å². The topological polar surface area (TPSA) is 46.6 Å². The van der Waals surface area contributed by atoms with E-state index in [1.54, 1.807) is 6.07 Å². The molecule has 2 amide bonds. The maximum Gasteiger partial charge on any atom is 0.239 e. The first kappa shape index (κ1) is 19.7. The highest BCUT2D eigenvalue weighted by Crippen LogP contribution is 2.66. The van der Waals surface area contributed by atoms with Gasteiger partial charge in [-0.2, -0.15) is 0 Å². The lowest BCUT2D eigenvalue weighted by Crippen LogP contribution is -2.50. The van der Waals surface area contributed by atoms with Crippen molar-refractivity contribution in [2.24, 2.45) is 11.8 Å². The number of hydrogen-bond acceptors (Lipinski definition) is 3. The van der Waals surface area contributed by atoms with Crippen LogP contribution in [-0.4, -0.2) is 18.4 Å². The number of para-hydroxylation sites is 2. The van der Waals surface area contributed by atoms with Crippen LogP contribution in [0.2, 0.25) is 0 Å². The molecule has 0 aromatic heterocycles. The largest absolute Gasteiger partial charge is 0.491 e. The summed E-state index contributed by atoms with van der Waals surface area (Å²) in [6.07, 6.45) is 0.846. The monoisotopic (exact) mass is 487 g/mol. The third-order valence-electron chi connectivity index (χ3n) is 7.08. The molecule has 0 radical (unpaired) electrons. The van der Waals surface area contributed by atoms with E-state index < -0.39 is 16.2 Å². The van der Waals surface area contributed by atoms with Gasteiger partial charge in [0.25, 0.3) is 0 Å². The van der Waals surface area contributed by atoms with Crippen LogP contribution in [-0.2, 0) is 13.9 Å². The van der Waals surface area contributed by atoms with E-state index in [4.69, 9.17) is 4.74 Å². The zero-order valence-corrected chi connectivity index (χ0v) is 19.2. The molecule has 32 heavy (non-hydrogen) atoms. The number of hydrogen-bond donors (Lipinski definition) is 0. The lowest BCUT2D eigenvalue weighted by atomic mass is 9.55. The van der Waals surface area contributed by atoms with E-state index in [0.717, 1.165) is 28.7 Å². The fraction of sp³-hybridized carbons (Fsp3) is 0.259. The zero-order valence-electron chi connectivity index (χ0n) is 17.6. The standard InChI is InChI=1S/C27H22BrNO3/c1-2-15-32-21-14-8-7-13-20(21)29-25(30)23-22-16-9-3-5-11-18(16)27(28,24(23)26(29)31)19-12-6-4-10-17(19)22/h3-14,22-24H,2,15H2,1H3/t22?,23-,24-,27?/m0/s1. The molecule has 2 atom stereocenters. The van der Waals surface area contributed by atoms with Gasteiger partial charge in [0.15, 0.2) is 0 Å². The maximum absolute atomic E-state index is 14.0.